The first-order valence-corrected chi connectivity index (χ1v) is 16.8. The molecule has 1 N–H and O–H groups in total. The van der Waals surface area contributed by atoms with E-state index in [-0.39, 0.29) is 37.2 Å². The van der Waals surface area contributed by atoms with Crippen LogP contribution in [-0.2, 0) is 22.6 Å². The first-order valence-electron chi connectivity index (χ1n) is 15.0. The first kappa shape index (κ1) is 30.5. The lowest BCUT2D eigenvalue weighted by Crippen LogP contribution is -2.31. The molecule has 1 aromatic heterocycles. The molecule has 0 spiro atoms. The van der Waals surface area contributed by atoms with Gasteiger partial charge in [-0.3, -0.25) is 14.5 Å². The summed E-state index contributed by atoms with van der Waals surface area (Å²) in [5, 5.41) is 18.8. The van der Waals surface area contributed by atoms with Crippen LogP contribution >= 0.6 is 23.1 Å². The Bertz CT molecular complexity index is 1840. The number of thioether (sulfide) groups is 1. The van der Waals surface area contributed by atoms with E-state index in [1.165, 1.54) is 4.90 Å². The van der Waals surface area contributed by atoms with Gasteiger partial charge >= 0.3 is 0 Å². The smallest absolute Gasteiger partial charge is 0.261 e. The second-order valence-electron chi connectivity index (χ2n) is 11.3. The molecular weight excluding hydrogens is 619 g/mol. The fourth-order valence-electron chi connectivity index (χ4n) is 5.77. The van der Waals surface area contributed by atoms with Crippen LogP contribution in [0, 0.1) is 6.92 Å². The van der Waals surface area contributed by atoms with E-state index in [0.29, 0.717) is 17.5 Å². The first-order chi connectivity index (χ1) is 22.4. The number of benzene rings is 4. The third-order valence-corrected chi connectivity index (χ3v) is 10.3. The zero-order valence-corrected chi connectivity index (χ0v) is 26.7. The lowest BCUT2D eigenvalue weighted by atomic mass is 9.99. The van der Waals surface area contributed by atoms with E-state index >= 15 is 0 Å². The number of aliphatic hydroxyl groups excluding tert-OH is 1. The fourth-order valence-corrected chi connectivity index (χ4v) is 7.63. The maximum Gasteiger partial charge on any atom is 0.261 e. The summed E-state index contributed by atoms with van der Waals surface area (Å²) in [6.45, 7) is 2.15. The molecule has 4 aromatic carbocycles. The van der Waals surface area contributed by atoms with Gasteiger partial charge in [-0.25, -0.2) is 0 Å². The number of rotatable bonds is 9. The van der Waals surface area contributed by atoms with Crippen molar-refractivity contribution in [3.05, 3.63) is 135 Å². The summed E-state index contributed by atoms with van der Waals surface area (Å²) in [6, 6.07) is 30.8. The summed E-state index contributed by atoms with van der Waals surface area (Å²) >= 11 is 3.22. The largest absolute Gasteiger partial charge is 0.392 e. The summed E-state index contributed by atoms with van der Waals surface area (Å²) < 4.78 is 13.9. The lowest BCUT2D eigenvalue weighted by molar-refractivity contribution is -0.245. The van der Waals surface area contributed by atoms with Crippen molar-refractivity contribution in [1.29, 1.82) is 0 Å². The molecule has 1 fully saturated rings. The van der Waals surface area contributed by atoms with Crippen molar-refractivity contribution >= 4 is 34.9 Å². The van der Waals surface area contributed by atoms with Crippen LogP contribution in [0.15, 0.2) is 101 Å². The molecule has 5 aromatic rings. The van der Waals surface area contributed by atoms with Crippen molar-refractivity contribution in [2.45, 2.75) is 49.3 Å². The van der Waals surface area contributed by atoms with E-state index in [1.54, 1.807) is 47.4 Å². The molecule has 1 saturated heterocycles. The Morgan fingerprint density at radius 1 is 0.826 bits per heavy atom. The second kappa shape index (κ2) is 13.3. The van der Waals surface area contributed by atoms with Crippen LogP contribution in [-0.4, -0.2) is 43.9 Å². The third-order valence-electron chi connectivity index (χ3n) is 8.18. The predicted molar refractivity (Wildman–Crippen MR) is 176 cm³/mol. The Balaban J connectivity index is 1.08. The average Bonchev–Trinajstić information content (AvgIpc) is 3.63. The van der Waals surface area contributed by atoms with E-state index in [4.69, 9.17) is 9.47 Å². The predicted octanol–water partition coefficient (Wildman–Crippen LogP) is 7.14. The van der Waals surface area contributed by atoms with Gasteiger partial charge in [0.15, 0.2) is 10.6 Å². The Labute approximate surface area is 275 Å². The highest BCUT2D eigenvalue weighted by Gasteiger charge is 2.35. The van der Waals surface area contributed by atoms with Crippen molar-refractivity contribution in [3.8, 4) is 11.1 Å². The van der Waals surface area contributed by atoms with Gasteiger partial charge in [-0.1, -0.05) is 102 Å². The number of imide groups is 1. The summed E-state index contributed by atoms with van der Waals surface area (Å²) in [4.78, 5) is 27.1. The van der Waals surface area contributed by atoms with E-state index in [1.807, 2.05) is 79.7 Å². The molecule has 3 heterocycles. The highest BCUT2D eigenvalue weighted by atomic mass is 32.2. The number of fused-ring (bicyclic) bond motifs is 1. The minimum atomic E-state index is -0.563. The monoisotopic (exact) mass is 649 g/mol. The Kier molecular flexibility index (Phi) is 8.79. The number of hydrogen-bond donors (Lipinski definition) is 1. The maximum atomic E-state index is 12.9. The minimum Gasteiger partial charge on any atom is -0.392 e. The highest BCUT2D eigenvalue weighted by Crippen LogP contribution is 2.40. The van der Waals surface area contributed by atoms with Crippen LogP contribution in [0.4, 0.5) is 0 Å². The number of aliphatic hydroxyl groups is 1. The molecule has 3 unspecified atom stereocenters. The van der Waals surface area contributed by atoms with Crippen LogP contribution in [0.3, 0.4) is 0 Å². The van der Waals surface area contributed by atoms with Gasteiger partial charge in [0.1, 0.15) is 5.01 Å². The maximum absolute atomic E-state index is 12.9. The molecule has 232 valence electrons. The summed E-state index contributed by atoms with van der Waals surface area (Å²) in [5.41, 5.74) is 6.56. The van der Waals surface area contributed by atoms with E-state index in [2.05, 4.69) is 10.2 Å². The molecule has 2 amide bonds. The Hall–Kier alpha value is -4.19. The van der Waals surface area contributed by atoms with Crippen LogP contribution in [0.2, 0.25) is 0 Å². The molecular formula is C36H31N3O5S2. The van der Waals surface area contributed by atoms with Crippen LogP contribution in [0.1, 0.15) is 66.8 Å². The third kappa shape index (κ3) is 6.40. The van der Waals surface area contributed by atoms with E-state index < -0.39 is 6.29 Å². The van der Waals surface area contributed by atoms with Gasteiger partial charge in [-0.05, 0) is 52.9 Å². The SMILES string of the molecule is Cc1nnc(SCC2CC(c3ccc(CO)cc3)OC(c3ccc(-c4cccc(CN5C(=O)c6ccccc6C5=O)c4)cc3)O2)s1. The van der Waals surface area contributed by atoms with Crippen LogP contribution in [0.5, 0.6) is 0 Å². The number of nitrogens with zero attached hydrogens (tertiary/aromatic N) is 3. The summed E-state index contributed by atoms with van der Waals surface area (Å²) in [6.07, 6.45) is -0.120. The topological polar surface area (TPSA) is 102 Å². The lowest BCUT2D eigenvalue weighted by Gasteiger charge is -2.36. The van der Waals surface area contributed by atoms with Crippen molar-refractivity contribution in [2.24, 2.45) is 0 Å². The fraction of sp³-hybridized carbons (Fsp3) is 0.222. The van der Waals surface area contributed by atoms with Crippen molar-refractivity contribution in [2.75, 3.05) is 5.75 Å². The van der Waals surface area contributed by atoms with Gasteiger partial charge in [-0.15, -0.1) is 10.2 Å². The number of aromatic nitrogens is 2. The van der Waals surface area contributed by atoms with Crippen LogP contribution < -0.4 is 0 Å². The zero-order chi connectivity index (χ0) is 31.6. The molecule has 46 heavy (non-hydrogen) atoms. The van der Waals surface area contributed by atoms with E-state index in [9.17, 15) is 14.7 Å². The minimum absolute atomic E-state index is 0.00387. The van der Waals surface area contributed by atoms with Crippen molar-refractivity contribution in [1.82, 2.24) is 15.1 Å². The van der Waals surface area contributed by atoms with Gasteiger partial charge in [0.25, 0.3) is 11.8 Å². The number of carbonyl (C=O) groups is 2. The summed E-state index contributed by atoms with van der Waals surface area (Å²) in [7, 11) is 0. The van der Waals surface area contributed by atoms with Gasteiger partial charge in [0.05, 0.1) is 36.5 Å². The summed E-state index contributed by atoms with van der Waals surface area (Å²) in [5.74, 6) is 0.193. The molecule has 0 radical (unpaired) electrons. The quantitative estimate of drug-likeness (QED) is 0.133. The highest BCUT2D eigenvalue weighted by molar-refractivity contribution is 8.01. The van der Waals surface area contributed by atoms with Gasteiger partial charge < -0.3 is 14.6 Å². The van der Waals surface area contributed by atoms with Crippen LogP contribution in [0.25, 0.3) is 11.1 Å². The number of carbonyl (C=O) groups excluding carboxylic acids is 2. The van der Waals surface area contributed by atoms with E-state index in [0.717, 1.165) is 48.5 Å². The number of ether oxygens (including phenoxy) is 2. The normalized spacial score (nSPS) is 19.4. The molecule has 0 bridgehead atoms. The molecule has 7 rings (SSSR count). The average molecular weight is 650 g/mol. The van der Waals surface area contributed by atoms with Gasteiger partial charge in [0.2, 0.25) is 0 Å². The molecule has 0 saturated carbocycles. The van der Waals surface area contributed by atoms with Crippen molar-refractivity contribution < 1.29 is 24.2 Å². The molecule has 0 aliphatic carbocycles. The van der Waals surface area contributed by atoms with Gasteiger partial charge in [-0.2, -0.15) is 0 Å². The number of aryl methyl sites for hydroxylation is 1. The van der Waals surface area contributed by atoms with Gasteiger partial charge in [0, 0.05) is 17.7 Å². The molecule has 10 heteroatoms. The Morgan fingerprint density at radius 3 is 2.22 bits per heavy atom. The molecule has 2 aliphatic rings. The molecule has 3 atom stereocenters. The van der Waals surface area contributed by atoms with Crippen molar-refractivity contribution in [3.63, 3.8) is 0 Å². The second-order valence-corrected chi connectivity index (χ2v) is 13.8. The Morgan fingerprint density at radius 2 is 1.54 bits per heavy atom. The molecule has 8 nitrogen and oxygen atoms in total. The number of amides is 2. The zero-order valence-electron chi connectivity index (χ0n) is 25.0. The number of hydrogen-bond acceptors (Lipinski definition) is 9. The standard InChI is InChI=1S/C36H31N3O5S2/c1-22-37-38-36(46-22)45-21-29-18-32(26-11-9-23(20-40)10-12-26)44-35(43-29)27-15-13-25(14-16-27)28-6-4-5-24(17-28)19-39-33(41)30-7-2-3-8-31(30)34(39)42/h2-17,29,32,35,40H,18-21H2,1H3. The molecule has 2 aliphatic heterocycles.